The van der Waals surface area contributed by atoms with Crippen LogP contribution in [-0.4, -0.2) is 17.6 Å². The summed E-state index contributed by atoms with van der Waals surface area (Å²) in [5, 5.41) is 13.4. The monoisotopic (exact) mass is 116 g/mol. The largest absolute Gasteiger partial charge is 0.307 e. The van der Waals surface area contributed by atoms with Crippen molar-refractivity contribution in [3.63, 3.8) is 0 Å². The SMILES string of the molecule is CC(=N)C(F)C(C)=N. The summed E-state index contributed by atoms with van der Waals surface area (Å²) in [6.45, 7) is 2.70. The molecule has 0 rings (SSSR count). The Kier molecular flexibility index (Phi) is 2.31. The molecule has 0 aromatic heterocycles. The highest BCUT2D eigenvalue weighted by atomic mass is 19.1. The van der Waals surface area contributed by atoms with Gasteiger partial charge in [-0.05, 0) is 13.8 Å². The first-order valence-corrected chi connectivity index (χ1v) is 2.30. The van der Waals surface area contributed by atoms with Crippen LogP contribution in [0.15, 0.2) is 0 Å². The maximum absolute atomic E-state index is 12.2. The van der Waals surface area contributed by atoms with Crippen LogP contribution in [0.5, 0.6) is 0 Å². The molecule has 0 aliphatic carbocycles. The summed E-state index contributed by atoms with van der Waals surface area (Å²) in [5.74, 6) is 0. The summed E-state index contributed by atoms with van der Waals surface area (Å²) in [5.41, 5.74) is -0.199. The molecule has 0 bridgehead atoms. The summed E-state index contributed by atoms with van der Waals surface area (Å²) in [6.07, 6.45) is -1.46. The zero-order valence-electron chi connectivity index (χ0n) is 4.96. The number of hydrogen-bond acceptors (Lipinski definition) is 2. The maximum atomic E-state index is 12.2. The molecule has 0 spiro atoms. The first kappa shape index (κ1) is 7.27. The van der Waals surface area contributed by atoms with Crippen molar-refractivity contribution in [2.24, 2.45) is 0 Å². The van der Waals surface area contributed by atoms with E-state index < -0.39 is 6.17 Å². The van der Waals surface area contributed by atoms with Gasteiger partial charge in [-0.1, -0.05) is 0 Å². The predicted octanol–water partition coefficient (Wildman–Crippen LogP) is 1.40. The molecule has 8 heavy (non-hydrogen) atoms. The molecule has 46 valence electrons. The van der Waals surface area contributed by atoms with Gasteiger partial charge in [0.15, 0.2) is 6.17 Å². The lowest BCUT2D eigenvalue weighted by molar-refractivity contribution is 0.508. The van der Waals surface area contributed by atoms with Crippen LogP contribution in [0.4, 0.5) is 4.39 Å². The highest BCUT2D eigenvalue weighted by Crippen LogP contribution is 1.93. The van der Waals surface area contributed by atoms with Crippen molar-refractivity contribution < 1.29 is 4.39 Å². The van der Waals surface area contributed by atoms with E-state index in [1.807, 2.05) is 0 Å². The molecule has 0 amide bonds. The summed E-state index contributed by atoms with van der Waals surface area (Å²) >= 11 is 0. The van der Waals surface area contributed by atoms with Crippen molar-refractivity contribution in [2.75, 3.05) is 0 Å². The first-order chi connectivity index (χ1) is 3.55. The minimum Gasteiger partial charge on any atom is -0.307 e. The van der Waals surface area contributed by atoms with Crippen LogP contribution >= 0.6 is 0 Å². The summed E-state index contributed by atoms with van der Waals surface area (Å²) < 4.78 is 12.2. The van der Waals surface area contributed by atoms with Crippen LogP contribution in [0.25, 0.3) is 0 Å². The number of nitrogens with one attached hydrogen (secondary N) is 2. The average molecular weight is 116 g/mol. The van der Waals surface area contributed by atoms with E-state index in [9.17, 15) is 4.39 Å². The molecule has 0 fully saturated rings. The van der Waals surface area contributed by atoms with Crippen molar-refractivity contribution in [2.45, 2.75) is 20.0 Å². The molecule has 0 atom stereocenters. The van der Waals surface area contributed by atoms with Crippen LogP contribution in [0.1, 0.15) is 13.8 Å². The zero-order chi connectivity index (χ0) is 6.73. The van der Waals surface area contributed by atoms with Gasteiger partial charge in [0.05, 0.1) is 0 Å². The third kappa shape index (κ3) is 1.82. The van der Waals surface area contributed by atoms with Gasteiger partial charge in [0.2, 0.25) is 0 Å². The zero-order valence-corrected chi connectivity index (χ0v) is 4.96. The van der Waals surface area contributed by atoms with Crippen LogP contribution < -0.4 is 0 Å². The van der Waals surface area contributed by atoms with Gasteiger partial charge >= 0.3 is 0 Å². The maximum Gasteiger partial charge on any atom is 0.174 e. The second-order valence-corrected chi connectivity index (χ2v) is 1.73. The fourth-order valence-electron chi connectivity index (χ4n) is 0.325. The van der Waals surface area contributed by atoms with E-state index in [4.69, 9.17) is 10.8 Å². The van der Waals surface area contributed by atoms with Crippen LogP contribution in [-0.2, 0) is 0 Å². The Bertz CT molecular complexity index is 106. The number of rotatable bonds is 2. The molecule has 0 aliphatic heterocycles. The molecule has 3 heteroatoms. The Morgan fingerprint density at radius 1 is 1.25 bits per heavy atom. The minimum absolute atomic E-state index is 0.0995. The fourth-order valence-corrected chi connectivity index (χ4v) is 0.325. The van der Waals surface area contributed by atoms with E-state index in [1.165, 1.54) is 13.8 Å². The van der Waals surface area contributed by atoms with Crippen molar-refractivity contribution in [1.29, 1.82) is 10.8 Å². The van der Waals surface area contributed by atoms with Crippen molar-refractivity contribution in [1.82, 2.24) is 0 Å². The fraction of sp³-hybridized carbons (Fsp3) is 0.600. The quantitative estimate of drug-likeness (QED) is 0.512. The van der Waals surface area contributed by atoms with Crippen molar-refractivity contribution in [3.05, 3.63) is 0 Å². The second kappa shape index (κ2) is 2.55. The summed E-state index contributed by atoms with van der Waals surface area (Å²) in [7, 11) is 0. The predicted molar refractivity (Wildman–Crippen MR) is 31.7 cm³/mol. The lowest BCUT2D eigenvalue weighted by atomic mass is 10.2. The average Bonchev–Trinajstić information content (AvgIpc) is 1.64. The Morgan fingerprint density at radius 3 is 1.50 bits per heavy atom. The Hall–Kier alpha value is -0.730. The van der Waals surface area contributed by atoms with Crippen molar-refractivity contribution >= 4 is 11.4 Å². The van der Waals surface area contributed by atoms with Crippen LogP contribution in [0, 0.1) is 10.8 Å². The molecule has 0 aromatic carbocycles. The van der Waals surface area contributed by atoms with E-state index in [0.29, 0.717) is 0 Å². The summed E-state index contributed by atoms with van der Waals surface area (Å²) in [4.78, 5) is 0. The van der Waals surface area contributed by atoms with E-state index in [2.05, 4.69) is 0 Å². The first-order valence-electron chi connectivity index (χ1n) is 2.30. The standard InChI is InChI=1S/C5H9FN2/c1-3(7)5(6)4(2)8/h5,7-8H,1-2H3. The highest BCUT2D eigenvalue weighted by Gasteiger charge is 2.09. The van der Waals surface area contributed by atoms with Gasteiger partial charge in [-0.25, -0.2) is 4.39 Å². The molecule has 0 aromatic rings. The van der Waals surface area contributed by atoms with Gasteiger partial charge in [-0.3, -0.25) is 0 Å². The van der Waals surface area contributed by atoms with Gasteiger partial charge in [-0.2, -0.15) is 0 Å². The van der Waals surface area contributed by atoms with Gasteiger partial charge in [0, 0.05) is 11.4 Å². The number of alkyl halides is 1. The number of halogens is 1. The molecular weight excluding hydrogens is 107 g/mol. The molecular formula is C5H9FN2. The Balaban J connectivity index is 3.83. The highest BCUT2D eigenvalue weighted by molar-refractivity contribution is 6.05. The molecule has 2 N–H and O–H groups in total. The van der Waals surface area contributed by atoms with Gasteiger partial charge in [0.25, 0.3) is 0 Å². The molecule has 0 heterocycles. The molecule has 0 saturated heterocycles. The van der Waals surface area contributed by atoms with E-state index in [1.54, 1.807) is 0 Å². The minimum atomic E-state index is -1.46. The third-order valence-corrected chi connectivity index (χ3v) is 0.760. The molecule has 2 nitrogen and oxygen atoms in total. The van der Waals surface area contributed by atoms with Gasteiger partial charge in [-0.15, -0.1) is 0 Å². The third-order valence-electron chi connectivity index (χ3n) is 0.760. The van der Waals surface area contributed by atoms with E-state index in [0.717, 1.165) is 0 Å². The topological polar surface area (TPSA) is 47.7 Å². The molecule has 0 aliphatic rings. The lowest BCUT2D eigenvalue weighted by Gasteiger charge is -2.00. The van der Waals surface area contributed by atoms with Crippen LogP contribution in [0.3, 0.4) is 0 Å². The normalized spacial score (nSPS) is 12.9. The molecule has 0 saturated carbocycles. The van der Waals surface area contributed by atoms with Crippen LogP contribution in [0.2, 0.25) is 0 Å². The Morgan fingerprint density at radius 2 is 1.50 bits per heavy atom. The molecule has 0 unspecified atom stereocenters. The number of hydrogen-bond donors (Lipinski definition) is 2. The second-order valence-electron chi connectivity index (χ2n) is 1.73. The van der Waals surface area contributed by atoms with Crippen molar-refractivity contribution in [3.8, 4) is 0 Å². The molecule has 0 radical (unpaired) electrons. The van der Waals surface area contributed by atoms with E-state index >= 15 is 0 Å². The summed E-state index contributed by atoms with van der Waals surface area (Å²) in [6, 6.07) is 0. The Labute approximate surface area is 47.7 Å². The lowest BCUT2D eigenvalue weighted by Crippen LogP contribution is -2.18. The van der Waals surface area contributed by atoms with E-state index in [-0.39, 0.29) is 11.4 Å². The van der Waals surface area contributed by atoms with Gasteiger partial charge in [0.1, 0.15) is 0 Å². The van der Waals surface area contributed by atoms with Gasteiger partial charge < -0.3 is 10.8 Å². The smallest absolute Gasteiger partial charge is 0.174 e.